The third-order valence-corrected chi connectivity index (χ3v) is 9.30. The number of benzene rings is 1. The molecule has 1 aromatic heterocycles. The minimum atomic E-state index is -3.76. The molecule has 2 aromatic rings. The zero-order valence-electron chi connectivity index (χ0n) is 17.7. The molecular weight excluding hydrogens is 435 g/mol. The Morgan fingerprint density at radius 2 is 1.81 bits per heavy atom. The lowest BCUT2D eigenvalue weighted by Gasteiger charge is -2.68. The van der Waals surface area contributed by atoms with Gasteiger partial charge in [0.15, 0.2) is 5.60 Å². The van der Waals surface area contributed by atoms with E-state index in [-0.39, 0.29) is 0 Å². The minimum Gasteiger partial charge on any atom is -0.424 e. The lowest BCUT2D eigenvalue weighted by atomic mass is 9.47. The first-order valence-corrected chi connectivity index (χ1v) is 13.9. The van der Waals surface area contributed by atoms with Crippen LogP contribution in [-0.4, -0.2) is 24.3 Å². The molecule has 1 N–H and O–H groups in total. The quantitative estimate of drug-likeness (QED) is 0.463. The monoisotopic (exact) mass is 462 g/mol. The first-order chi connectivity index (χ1) is 14.8. The average molecular weight is 463 g/mol. The molecule has 4 bridgehead atoms. The van der Waals surface area contributed by atoms with Gasteiger partial charge in [-0.3, -0.25) is 0 Å². The van der Waals surface area contributed by atoms with Crippen molar-refractivity contribution in [2.24, 2.45) is 23.7 Å². The molecular formula is C23H27O6PS. The largest absolute Gasteiger partial charge is 0.424 e. The second kappa shape index (κ2) is 6.89. The molecule has 5 fully saturated rings. The van der Waals surface area contributed by atoms with Crippen LogP contribution in [0.25, 0.3) is 10.4 Å². The first-order valence-electron chi connectivity index (χ1n) is 10.9. The van der Waals surface area contributed by atoms with Gasteiger partial charge < -0.3 is 14.2 Å². The molecule has 2 atom stereocenters. The molecule has 1 aliphatic heterocycles. The molecule has 2 unspecified atom stereocenters. The number of hydrogen-bond acceptors (Lipinski definition) is 6. The highest BCUT2D eigenvalue weighted by atomic mass is 32.1. The van der Waals surface area contributed by atoms with Gasteiger partial charge in [0.05, 0.1) is 0 Å². The Morgan fingerprint density at radius 3 is 2.32 bits per heavy atom. The zero-order valence-corrected chi connectivity index (χ0v) is 19.4. The highest BCUT2D eigenvalue weighted by Gasteiger charge is 2.76. The van der Waals surface area contributed by atoms with Gasteiger partial charge in [-0.25, -0.2) is 9.45 Å². The normalized spacial score (nSPS) is 40.0. The fourth-order valence-corrected chi connectivity index (χ4v) is 8.25. The fraction of sp³-hybridized carbons (Fsp3) is 0.565. The number of rotatable bonds is 5. The van der Waals surface area contributed by atoms with Crippen molar-refractivity contribution in [3.63, 3.8) is 0 Å². The summed E-state index contributed by atoms with van der Waals surface area (Å²) in [5, 5.41) is 1.97. The molecule has 31 heavy (non-hydrogen) atoms. The molecule has 2 heterocycles. The lowest BCUT2D eigenvalue weighted by molar-refractivity contribution is -0.645. The predicted octanol–water partition coefficient (Wildman–Crippen LogP) is 5.57. The molecule has 4 saturated carbocycles. The van der Waals surface area contributed by atoms with Crippen molar-refractivity contribution in [2.75, 3.05) is 13.8 Å². The Bertz CT molecular complexity index is 1010. The van der Waals surface area contributed by atoms with Crippen LogP contribution in [-0.2, 0) is 24.9 Å². The van der Waals surface area contributed by atoms with E-state index >= 15 is 0 Å². The second-order valence-corrected chi connectivity index (χ2v) is 12.4. The summed E-state index contributed by atoms with van der Waals surface area (Å²) >= 11 is 1.56. The van der Waals surface area contributed by atoms with E-state index in [9.17, 15) is 9.46 Å². The van der Waals surface area contributed by atoms with E-state index in [1.807, 2.05) is 29.6 Å². The Balaban J connectivity index is 1.46. The van der Waals surface area contributed by atoms with Gasteiger partial charge in [0, 0.05) is 29.8 Å². The van der Waals surface area contributed by atoms with Gasteiger partial charge in [-0.2, -0.15) is 4.89 Å². The first kappa shape index (κ1) is 20.4. The third-order valence-electron chi connectivity index (χ3n) is 7.87. The van der Waals surface area contributed by atoms with Crippen LogP contribution in [0.2, 0.25) is 0 Å². The summed E-state index contributed by atoms with van der Waals surface area (Å²) in [5.41, 5.74) is 1.05. The molecule has 4 aliphatic carbocycles. The number of methoxy groups -OCH3 is 1. The fourth-order valence-electron chi connectivity index (χ4n) is 6.98. The molecule has 7 rings (SSSR count). The van der Waals surface area contributed by atoms with Crippen molar-refractivity contribution in [3.8, 4) is 16.2 Å². The Hall–Kier alpha value is -1.21. The molecule has 166 valence electrons. The highest BCUT2D eigenvalue weighted by molar-refractivity contribution is 7.52. The molecule has 1 saturated heterocycles. The van der Waals surface area contributed by atoms with Crippen LogP contribution < -0.4 is 4.52 Å². The maximum Gasteiger partial charge on any atom is 0.373 e. The molecule has 1 spiro atoms. The van der Waals surface area contributed by atoms with Gasteiger partial charge in [-0.1, -0.05) is 12.1 Å². The lowest BCUT2D eigenvalue weighted by Crippen LogP contribution is -2.76. The second-order valence-electron chi connectivity index (χ2n) is 9.67. The third kappa shape index (κ3) is 2.87. The summed E-state index contributed by atoms with van der Waals surface area (Å²) in [6.45, 7) is 1.20. The molecule has 0 radical (unpaired) electrons. The Morgan fingerprint density at radius 1 is 1.10 bits per heavy atom. The van der Waals surface area contributed by atoms with Crippen LogP contribution in [0.4, 0.5) is 0 Å². The zero-order chi connectivity index (χ0) is 21.4. The highest BCUT2D eigenvalue weighted by Crippen LogP contribution is 2.69. The van der Waals surface area contributed by atoms with Gasteiger partial charge in [-0.15, -0.1) is 11.3 Å². The van der Waals surface area contributed by atoms with Crippen molar-refractivity contribution < 1.29 is 28.5 Å². The van der Waals surface area contributed by atoms with Gasteiger partial charge in [0.25, 0.3) is 5.79 Å². The van der Waals surface area contributed by atoms with Crippen LogP contribution in [0.1, 0.15) is 37.7 Å². The van der Waals surface area contributed by atoms with E-state index in [1.54, 1.807) is 24.5 Å². The van der Waals surface area contributed by atoms with Crippen LogP contribution in [0.3, 0.4) is 0 Å². The summed E-state index contributed by atoms with van der Waals surface area (Å²) in [6.07, 6.45) is 5.95. The topological polar surface area (TPSA) is 74.2 Å². The van der Waals surface area contributed by atoms with Crippen LogP contribution in [0, 0.1) is 23.7 Å². The van der Waals surface area contributed by atoms with Gasteiger partial charge in [-0.05, 0) is 79.4 Å². The summed E-state index contributed by atoms with van der Waals surface area (Å²) in [5.74, 6) is 1.69. The van der Waals surface area contributed by atoms with Crippen molar-refractivity contribution in [1.29, 1.82) is 0 Å². The van der Waals surface area contributed by atoms with E-state index in [1.165, 1.54) is 13.1 Å². The SMILES string of the molecule is COC1(c2ccc(-c3cccs3)c(OP(C)(=O)O)c2)OOC12C1CC3CC(C1)CC2C3. The molecule has 8 heteroatoms. The summed E-state index contributed by atoms with van der Waals surface area (Å²) in [4.78, 5) is 22.8. The Labute approximate surface area is 185 Å². The van der Waals surface area contributed by atoms with Crippen molar-refractivity contribution >= 4 is 18.9 Å². The number of ether oxygens (including phenoxy) is 1. The molecule has 5 aliphatic rings. The van der Waals surface area contributed by atoms with E-state index in [0.717, 1.165) is 53.5 Å². The average Bonchev–Trinajstić information content (AvgIpc) is 3.21. The van der Waals surface area contributed by atoms with E-state index in [2.05, 4.69) is 0 Å². The van der Waals surface area contributed by atoms with Gasteiger partial charge in [0.2, 0.25) is 0 Å². The van der Waals surface area contributed by atoms with Crippen molar-refractivity contribution in [2.45, 2.75) is 43.5 Å². The maximum absolute atomic E-state index is 12.2. The maximum atomic E-state index is 12.2. The summed E-state index contributed by atoms with van der Waals surface area (Å²) in [7, 11) is -2.09. The minimum absolute atomic E-state index is 0.360. The van der Waals surface area contributed by atoms with E-state index in [4.69, 9.17) is 19.0 Å². The smallest absolute Gasteiger partial charge is 0.373 e. The van der Waals surface area contributed by atoms with Gasteiger partial charge >= 0.3 is 7.60 Å². The van der Waals surface area contributed by atoms with Crippen LogP contribution in [0.5, 0.6) is 5.75 Å². The molecule has 0 amide bonds. The molecule has 6 nitrogen and oxygen atoms in total. The Kier molecular flexibility index (Phi) is 4.54. The van der Waals surface area contributed by atoms with Crippen molar-refractivity contribution in [3.05, 3.63) is 41.3 Å². The molecule has 1 aromatic carbocycles. The predicted molar refractivity (Wildman–Crippen MR) is 117 cm³/mol. The van der Waals surface area contributed by atoms with Crippen LogP contribution >= 0.6 is 18.9 Å². The van der Waals surface area contributed by atoms with E-state index < -0.39 is 19.0 Å². The number of thiophene rings is 1. The summed E-state index contributed by atoms with van der Waals surface area (Å²) in [6, 6.07) is 9.64. The van der Waals surface area contributed by atoms with Crippen LogP contribution in [0.15, 0.2) is 35.7 Å². The van der Waals surface area contributed by atoms with Crippen molar-refractivity contribution in [1.82, 2.24) is 0 Å². The van der Waals surface area contributed by atoms with E-state index in [0.29, 0.717) is 17.6 Å². The number of hydrogen-bond donors (Lipinski definition) is 1. The standard InChI is InChI=1S/C23H27O6PS/c1-26-23(22(28-29-23)17-9-14-8-15(11-17)12-18(22)10-14)16-5-6-19(21-4-3-7-31-21)20(13-16)27-30(2,24)25/h3-7,13-15,17-18H,8-12H2,1-2H3,(H,24,25). The van der Waals surface area contributed by atoms with Gasteiger partial charge in [0.1, 0.15) is 5.75 Å². The summed E-state index contributed by atoms with van der Waals surface area (Å²) < 4.78 is 23.9.